The molecule has 2 rings (SSSR count). The number of nitrogens with zero attached hydrogens (tertiary/aromatic N) is 3. The number of hydrogen-bond acceptors (Lipinski definition) is 5. The van der Waals surface area contributed by atoms with Gasteiger partial charge in [0.1, 0.15) is 0 Å². The quantitative estimate of drug-likeness (QED) is 0.919. The standard InChI is InChI=1S/C15H28N4O/c1-6-16-11(2)13-17-18-14(20-13)19-9-7-12(8-10-19)15(3,4)5/h11-12,16H,6-10H2,1-5H3. The minimum atomic E-state index is 0.119. The molecule has 2 heterocycles. The van der Waals surface area contributed by atoms with Gasteiger partial charge in [0.25, 0.3) is 0 Å². The first-order valence-electron chi connectivity index (χ1n) is 7.73. The molecule has 20 heavy (non-hydrogen) atoms. The molecule has 0 saturated carbocycles. The van der Waals surface area contributed by atoms with E-state index in [1.807, 2.05) is 6.92 Å². The highest BCUT2D eigenvalue weighted by atomic mass is 16.4. The summed E-state index contributed by atoms with van der Waals surface area (Å²) < 4.78 is 5.80. The Kier molecular flexibility index (Phi) is 4.68. The zero-order valence-electron chi connectivity index (χ0n) is 13.4. The fourth-order valence-electron chi connectivity index (χ4n) is 2.86. The number of piperidine rings is 1. The van der Waals surface area contributed by atoms with E-state index in [4.69, 9.17) is 4.42 Å². The van der Waals surface area contributed by atoms with E-state index in [1.54, 1.807) is 0 Å². The third-order valence-corrected chi connectivity index (χ3v) is 4.30. The number of anilines is 1. The molecule has 1 aliphatic heterocycles. The molecule has 1 atom stereocenters. The molecule has 114 valence electrons. The van der Waals surface area contributed by atoms with Gasteiger partial charge in [-0.1, -0.05) is 32.8 Å². The van der Waals surface area contributed by atoms with Crippen LogP contribution in [0.3, 0.4) is 0 Å². The van der Waals surface area contributed by atoms with E-state index in [0.29, 0.717) is 17.3 Å². The molecule has 0 radical (unpaired) electrons. The van der Waals surface area contributed by atoms with Crippen molar-refractivity contribution in [3.63, 3.8) is 0 Å². The second kappa shape index (κ2) is 6.12. The predicted molar refractivity (Wildman–Crippen MR) is 80.8 cm³/mol. The van der Waals surface area contributed by atoms with Gasteiger partial charge in [0, 0.05) is 13.1 Å². The van der Waals surface area contributed by atoms with Gasteiger partial charge in [-0.2, -0.15) is 0 Å². The van der Waals surface area contributed by atoms with Crippen molar-refractivity contribution in [1.82, 2.24) is 15.5 Å². The van der Waals surface area contributed by atoms with Gasteiger partial charge in [0.2, 0.25) is 5.89 Å². The SMILES string of the molecule is CCNC(C)c1nnc(N2CCC(C(C)(C)C)CC2)o1. The second-order valence-corrected chi connectivity index (χ2v) is 6.83. The lowest BCUT2D eigenvalue weighted by atomic mass is 9.75. The Morgan fingerprint density at radius 1 is 1.30 bits per heavy atom. The van der Waals surface area contributed by atoms with Crippen molar-refractivity contribution in [2.24, 2.45) is 11.3 Å². The van der Waals surface area contributed by atoms with E-state index in [9.17, 15) is 0 Å². The lowest BCUT2D eigenvalue weighted by Gasteiger charge is -2.38. The fourth-order valence-corrected chi connectivity index (χ4v) is 2.86. The van der Waals surface area contributed by atoms with Gasteiger partial charge >= 0.3 is 6.01 Å². The molecule has 1 unspecified atom stereocenters. The minimum absolute atomic E-state index is 0.119. The maximum atomic E-state index is 5.80. The largest absolute Gasteiger partial charge is 0.406 e. The van der Waals surface area contributed by atoms with Crippen LogP contribution in [0.1, 0.15) is 59.4 Å². The summed E-state index contributed by atoms with van der Waals surface area (Å²) in [7, 11) is 0. The van der Waals surface area contributed by atoms with Crippen molar-refractivity contribution in [2.75, 3.05) is 24.5 Å². The third kappa shape index (κ3) is 3.51. The molecule has 1 N–H and O–H groups in total. The molecule has 5 nitrogen and oxygen atoms in total. The molecule has 1 aliphatic rings. The Balaban J connectivity index is 1.94. The molecule has 0 aromatic carbocycles. The van der Waals surface area contributed by atoms with Gasteiger partial charge in [0.15, 0.2) is 0 Å². The van der Waals surface area contributed by atoms with Crippen LogP contribution < -0.4 is 10.2 Å². The number of hydrogen-bond donors (Lipinski definition) is 1. The lowest BCUT2D eigenvalue weighted by Crippen LogP contribution is -2.38. The van der Waals surface area contributed by atoms with Crippen LogP contribution in [0.4, 0.5) is 6.01 Å². The van der Waals surface area contributed by atoms with Crippen molar-refractivity contribution in [1.29, 1.82) is 0 Å². The Hall–Kier alpha value is -1.10. The first-order chi connectivity index (χ1) is 9.41. The van der Waals surface area contributed by atoms with Gasteiger partial charge < -0.3 is 14.6 Å². The fraction of sp³-hybridized carbons (Fsp3) is 0.867. The van der Waals surface area contributed by atoms with Gasteiger partial charge in [-0.05, 0) is 37.6 Å². The zero-order valence-corrected chi connectivity index (χ0v) is 13.4. The van der Waals surface area contributed by atoms with Crippen LogP contribution in [0.5, 0.6) is 0 Å². The first-order valence-corrected chi connectivity index (χ1v) is 7.73. The Labute approximate surface area is 122 Å². The van der Waals surface area contributed by atoms with Crippen molar-refractivity contribution < 1.29 is 4.42 Å². The van der Waals surface area contributed by atoms with E-state index in [0.717, 1.165) is 25.6 Å². The summed E-state index contributed by atoms with van der Waals surface area (Å²) in [6.07, 6.45) is 2.40. The molecule has 0 bridgehead atoms. The third-order valence-electron chi connectivity index (χ3n) is 4.30. The van der Waals surface area contributed by atoms with Crippen molar-refractivity contribution in [3.8, 4) is 0 Å². The van der Waals surface area contributed by atoms with Crippen LogP contribution >= 0.6 is 0 Å². The minimum Gasteiger partial charge on any atom is -0.406 e. The smallest absolute Gasteiger partial charge is 0.318 e. The van der Waals surface area contributed by atoms with Crippen LogP contribution in [0.25, 0.3) is 0 Å². The number of rotatable bonds is 4. The Morgan fingerprint density at radius 3 is 2.50 bits per heavy atom. The average molecular weight is 280 g/mol. The number of aromatic nitrogens is 2. The summed E-state index contributed by atoms with van der Waals surface area (Å²) in [6, 6.07) is 0.797. The highest BCUT2D eigenvalue weighted by Gasteiger charge is 2.30. The molecule has 0 spiro atoms. The maximum Gasteiger partial charge on any atom is 0.318 e. The van der Waals surface area contributed by atoms with Crippen LogP contribution in [-0.2, 0) is 0 Å². The molecule has 1 saturated heterocycles. The van der Waals surface area contributed by atoms with Crippen LogP contribution in [0.15, 0.2) is 4.42 Å². The summed E-state index contributed by atoms with van der Waals surface area (Å²) in [5, 5.41) is 11.6. The summed E-state index contributed by atoms with van der Waals surface area (Å²) in [5.74, 6) is 1.46. The lowest BCUT2D eigenvalue weighted by molar-refractivity contribution is 0.196. The van der Waals surface area contributed by atoms with Gasteiger partial charge in [0.05, 0.1) is 6.04 Å². The molecule has 0 aliphatic carbocycles. The maximum absolute atomic E-state index is 5.80. The second-order valence-electron chi connectivity index (χ2n) is 6.83. The summed E-state index contributed by atoms with van der Waals surface area (Å²) in [5.41, 5.74) is 0.394. The van der Waals surface area contributed by atoms with Gasteiger partial charge in [-0.25, -0.2) is 0 Å². The van der Waals surface area contributed by atoms with E-state index in [2.05, 4.69) is 48.1 Å². The molecule has 1 aromatic heterocycles. The Bertz CT molecular complexity index is 416. The van der Waals surface area contributed by atoms with E-state index >= 15 is 0 Å². The molecule has 1 aromatic rings. The van der Waals surface area contributed by atoms with Crippen LogP contribution in [-0.4, -0.2) is 29.8 Å². The van der Waals surface area contributed by atoms with E-state index in [1.165, 1.54) is 12.8 Å². The zero-order chi connectivity index (χ0) is 14.8. The molecule has 0 amide bonds. The van der Waals surface area contributed by atoms with E-state index < -0.39 is 0 Å². The average Bonchev–Trinajstić information content (AvgIpc) is 2.88. The van der Waals surface area contributed by atoms with Crippen molar-refractivity contribution in [3.05, 3.63) is 5.89 Å². The van der Waals surface area contributed by atoms with Crippen molar-refractivity contribution in [2.45, 2.75) is 53.5 Å². The monoisotopic (exact) mass is 280 g/mol. The Morgan fingerprint density at radius 2 is 1.95 bits per heavy atom. The summed E-state index contributed by atoms with van der Waals surface area (Å²) in [6.45, 7) is 14.0. The first kappa shape index (κ1) is 15.3. The number of nitrogens with one attached hydrogen (secondary N) is 1. The van der Waals surface area contributed by atoms with Gasteiger partial charge in [-0.3, -0.25) is 0 Å². The van der Waals surface area contributed by atoms with Crippen LogP contribution in [0.2, 0.25) is 0 Å². The van der Waals surface area contributed by atoms with E-state index in [-0.39, 0.29) is 6.04 Å². The molecular weight excluding hydrogens is 252 g/mol. The normalized spacial score (nSPS) is 19.4. The molecule has 5 heteroatoms. The highest BCUT2D eigenvalue weighted by Crippen LogP contribution is 2.35. The molecular formula is C15H28N4O. The van der Waals surface area contributed by atoms with Gasteiger partial charge in [-0.15, -0.1) is 5.10 Å². The van der Waals surface area contributed by atoms with Crippen LogP contribution in [0, 0.1) is 11.3 Å². The summed E-state index contributed by atoms with van der Waals surface area (Å²) >= 11 is 0. The molecule has 1 fully saturated rings. The predicted octanol–water partition coefficient (Wildman–Crippen LogP) is 3.00. The topological polar surface area (TPSA) is 54.2 Å². The van der Waals surface area contributed by atoms with Crippen molar-refractivity contribution >= 4 is 6.01 Å². The summed E-state index contributed by atoms with van der Waals surface area (Å²) in [4.78, 5) is 2.22. The highest BCUT2D eigenvalue weighted by molar-refractivity contribution is 5.25.